The van der Waals surface area contributed by atoms with Crippen molar-refractivity contribution in [1.82, 2.24) is 5.32 Å². The van der Waals surface area contributed by atoms with E-state index in [1.807, 2.05) is 0 Å². The Balaban J connectivity index is 2.57. The van der Waals surface area contributed by atoms with E-state index < -0.39 is 23.5 Å². The van der Waals surface area contributed by atoms with Crippen LogP contribution in [0.5, 0.6) is 0 Å². The summed E-state index contributed by atoms with van der Waals surface area (Å²) in [7, 11) is 0. The fourth-order valence-corrected chi connectivity index (χ4v) is 1.54. The van der Waals surface area contributed by atoms with Gasteiger partial charge in [-0.1, -0.05) is 13.8 Å². The van der Waals surface area contributed by atoms with Gasteiger partial charge in [0.25, 0.3) is 0 Å². The number of benzene rings is 1. The van der Waals surface area contributed by atoms with Crippen molar-refractivity contribution in [2.24, 2.45) is 11.7 Å². The largest absolute Gasteiger partial charge is 0.354 e. The Morgan fingerprint density at radius 3 is 2.26 bits per heavy atom. The van der Waals surface area contributed by atoms with E-state index in [0.29, 0.717) is 12.1 Å². The highest BCUT2D eigenvalue weighted by Crippen LogP contribution is 2.14. The number of carbonyl (C=O) groups excluding carboxylic acids is 1. The van der Waals surface area contributed by atoms with Crippen molar-refractivity contribution in [3.05, 3.63) is 35.1 Å². The van der Waals surface area contributed by atoms with Crippen molar-refractivity contribution in [2.75, 3.05) is 6.54 Å². The lowest BCUT2D eigenvalue weighted by atomic mass is 10.0. The molecular weight excluding hydrogens is 257 g/mol. The standard InChI is InChI=1S/C13H17F3N2O/c1-7(2)12(17)13(19)18-4-3-9-10(15)5-8(14)6-11(9)16/h5-7,12H,3-4,17H2,1-2H3,(H,18,19). The van der Waals surface area contributed by atoms with Crippen LogP contribution in [0.1, 0.15) is 19.4 Å². The second-order valence-electron chi connectivity index (χ2n) is 4.66. The minimum Gasteiger partial charge on any atom is -0.354 e. The molecule has 1 aromatic carbocycles. The lowest BCUT2D eigenvalue weighted by Gasteiger charge is -2.15. The lowest BCUT2D eigenvalue weighted by Crippen LogP contribution is -2.44. The monoisotopic (exact) mass is 274 g/mol. The second-order valence-corrected chi connectivity index (χ2v) is 4.66. The molecular formula is C13H17F3N2O. The van der Waals surface area contributed by atoms with Gasteiger partial charge in [0.15, 0.2) is 0 Å². The van der Waals surface area contributed by atoms with Crippen LogP contribution in [0.2, 0.25) is 0 Å². The molecule has 0 fully saturated rings. The third-order valence-corrected chi connectivity index (χ3v) is 2.80. The number of hydrogen-bond donors (Lipinski definition) is 2. The first kappa shape index (κ1) is 15.5. The van der Waals surface area contributed by atoms with Crippen molar-refractivity contribution >= 4 is 5.91 Å². The number of halogens is 3. The Morgan fingerprint density at radius 2 is 1.79 bits per heavy atom. The summed E-state index contributed by atoms with van der Waals surface area (Å²) in [5.41, 5.74) is 5.36. The third kappa shape index (κ3) is 4.24. The Kier molecular flexibility index (Phi) is 5.35. The van der Waals surface area contributed by atoms with Gasteiger partial charge in [0.05, 0.1) is 6.04 Å². The molecule has 3 N–H and O–H groups in total. The van der Waals surface area contributed by atoms with Gasteiger partial charge in [0.2, 0.25) is 5.91 Å². The van der Waals surface area contributed by atoms with Crippen LogP contribution in [-0.2, 0) is 11.2 Å². The van der Waals surface area contributed by atoms with Crippen molar-refractivity contribution in [2.45, 2.75) is 26.3 Å². The SMILES string of the molecule is CC(C)C(N)C(=O)NCCc1c(F)cc(F)cc1F. The maximum Gasteiger partial charge on any atom is 0.237 e. The lowest BCUT2D eigenvalue weighted by molar-refractivity contribution is -0.123. The van der Waals surface area contributed by atoms with Gasteiger partial charge in [-0.15, -0.1) is 0 Å². The Bertz CT molecular complexity index is 440. The first-order valence-electron chi connectivity index (χ1n) is 5.99. The van der Waals surface area contributed by atoms with Crippen molar-refractivity contribution in [1.29, 1.82) is 0 Å². The Morgan fingerprint density at radius 1 is 1.26 bits per heavy atom. The first-order valence-corrected chi connectivity index (χ1v) is 5.99. The van der Waals surface area contributed by atoms with E-state index in [4.69, 9.17) is 5.73 Å². The molecule has 3 nitrogen and oxygen atoms in total. The molecule has 1 aromatic rings. The second kappa shape index (κ2) is 6.56. The van der Waals surface area contributed by atoms with Gasteiger partial charge < -0.3 is 11.1 Å². The molecule has 1 unspecified atom stereocenters. The number of hydrogen-bond acceptors (Lipinski definition) is 2. The van der Waals surface area contributed by atoms with Gasteiger partial charge in [0.1, 0.15) is 17.5 Å². The molecule has 0 saturated carbocycles. The van der Waals surface area contributed by atoms with Gasteiger partial charge >= 0.3 is 0 Å². The average Bonchev–Trinajstić information content (AvgIpc) is 2.30. The first-order chi connectivity index (χ1) is 8.82. The summed E-state index contributed by atoms with van der Waals surface area (Å²) in [6.07, 6.45) is -0.0610. The van der Waals surface area contributed by atoms with Gasteiger partial charge in [-0.05, 0) is 12.3 Å². The quantitative estimate of drug-likeness (QED) is 0.859. The van der Waals surface area contributed by atoms with Crippen LogP contribution in [0.4, 0.5) is 13.2 Å². The zero-order valence-corrected chi connectivity index (χ0v) is 10.8. The summed E-state index contributed by atoms with van der Waals surface area (Å²) >= 11 is 0. The Hall–Kier alpha value is -1.56. The maximum atomic E-state index is 13.3. The van der Waals surface area contributed by atoms with Gasteiger partial charge in [-0.3, -0.25) is 4.79 Å². The molecule has 0 radical (unpaired) electrons. The highest BCUT2D eigenvalue weighted by atomic mass is 19.1. The molecule has 0 spiro atoms. The normalized spacial score (nSPS) is 12.6. The summed E-state index contributed by atoms with van der Waals surface area (Å²) in [6, 6.07) is 0.558. The molecule has 0 aliphatic rings. The zero-order valence-electron chi connectivity index (χ0n) is 10.8. The topological polar surface area (TPSA) is 55.1 Å². The fourth-order valence-electron chi connectivity index (χ4n) is 1.54. The number of nitrogens with two attached hydrogens (primary N) is 1. The van der Waals surface area contributed by atoms with Crippen LogP contribution in [-0.4, -0.2) is 18.5 Å². The van der Waals surface area contributed by atoms with E-state index in [0.717, 1.165) is 0 Å². The van der Waals surface area contributed by atoms with Crippen molar-refractivity contribution in [3.63, 3.8) is 0 Å². The summed E-state index contributed by atoms with van der Waals surface area (Å²) < 4.78 is 39.3. The van der Waals surface area contributed by atoms with Crippen LogP contribution in [0.25, 0.3) is 0 Å². The third-order valence-electron chi connectivity index (χ3n) is 2.80. The predicted octanol–water partition coefficient (Wildman–Crippen LogP) is 1.75. The van der Waals surface area contributed by atoms with E-state index >= 15 is 0 Å². The molecule has 0 aliphatic carbocycles. The summed E-state index contributed by atoms with van der Waals surface area (Å²) in [5.74, 6) is -3.29. The van der Waals surface area contributed by atoms with E-state index in [2.05, 4.69) is 5.32 Å². The molecule has 0 heterocycles. The molecule has 19 heavy (non-hydrogen) atoms. The van der Waals surface area contributed by atoms with Crippen molar-refractivity contribution < 1.29 is 18.0 Å². The molecule has 6 heteroatoms. The van der Waals surface area contributed by atoms with Crippen LogP contribution in [0.15, 0.2) is 12.1 Å². The molecule has 1 rings (SSSR count). The van der Waals surface area contributed by atoms with E-state index in [1.165, 1.54) is 0 Å². The van der Waals surface area contributed by atoms with Crippen molar-refractivity contribution in [3.8, 4) is 0 Å². The molecule has 1 atom stereocenters. The fraction of sp³-hybridized carbons (Fsp3) is 0.462. The molecule has 106 valence electrons. The molecule has 1 amide bonds. The molecule has 0 bridgehead atoms. The van der Waals surface area contributed by atoms with Gasteiger partial charge in [-0.25, -0.2) is 13.2 Å². The number of rotatable bonds is 5. The summed E-state index contributed by atoms with van der Waals surface area (Å²) in [4.78, 5) is 11.5. The highest BCUT2D eigenvalue weighted by molar-refractivity contribution is 5.81. The maximum absolute atomic E-state index is 13.3. The van der Waals surface area contributed by atoms with Crippen LogP contribution >= 0.6 is 0 Å². The number of amides is 1. The highest BCUT2D eigenvalue weighted by Gasteiger charge is 2.17. The minimum absolute atomic E-state index is 0.0284. The number of carbonyl (C=O) groups is 1. The molecule has 0 saturated heterocycles. The Labute approximate surface area is 110 Å². The van der Waals surface area contributed by atoms with E-state index in [1.54, 1.807) is 13.8 Å². The minimum atomic E-state index is -0.968. The smallest absolute Gasteiger partial charge is 0.237 e. The van der Waals surface area contributed by atoms with Gasteiger partial charge in [0, 0.05) is 24.2 Å². The molecule has 0 aliphatic heterocycles. The van der Waals surface area contributed by atoms with E-state index in [-0.39, 0.29) is 30.4 Å². The summed E-state index contributed by atoms with van der Waals surface area (Å²) in [6.45, 7) is 3.63. The van der Waals surface area contributed by atoms with Crippen LogP contribution in [0.3, 0.4) is 0 Å². The predicted molar refractivity (Wildman–Crippen MR) is 65.8 cm³/mol. The average molecular weight is 274 g/mol. The number of nitrogens with one attached hydrogen (secondary N) is 1. The summed E-state index contributed by atoms with van der Waals surface area (Å²) in [5, 5.41) is 2.49. The van der Waals surface area contributed by atoms with E-state index in [9.17, 15) is 18.0 Å². The molecule has 0 aromatic heterocycles. The zero-order chi connectivity index (χ0) is 14.6. The van der Waals surface area contributed by atoms with Gasteiger partial charge in [-0.2, -0.15) is 0 Å². The van der Waals surface area contributed by atoms with Crippen LogP contribution < -0.4 is 11.1 Å². The van der Waals surface area contributed by atoms with Crippen LogP contribution in [0, 0.1) is 23.4 Å².